The van der Waals surface area contributed by atoms with Crippen LogP contribution in [-0.4, -0.2) is 38.6 Å². The van der Waals surface area contributed by atoms with Gasteiger partial charge in [-0.1, -0.05) is 19.1 Å². The molecule has 1 unspecified atom stereocenters. The number of carbonyl (C=O) groups is 1. The van der Waals surface area contributed by atoms with Crippen molar-refractivity contribution in [2.75, 3.05) is 19.0 Å². The number of sulfone groups is 1. The Kier molecular flexibility index (Phi) is 5.97. The molecule has 0 saturated carbocycles. The second-order valence-corrected chi connectivity index (χ2v) is 6.41. The van der Waals surface area contributed by atoms with Crippen LogP contribution in [0, 0.1) is 0 Å². The molecule has 0 aliphatic carbocycles. The highest BCUT2D eigenvalue weighted by Gasteiger charge is 2.16. The maximum absolute atomic E-state index is 11.7. The van der Waals surface area contributed by atoms with E-state index >= 15 is 0 Å². The Hall–Kier alpha value is -1.60. The predicted octanol–water partition coefficient (Wildman–Crippen LogP) is 1.83. The van der Waals surface area contributed by atoms with Crippen molar-refractivity contribution in [1.82, 2.24) is 5.32 Å². The van der Waals surface area contributed by atoms with E-state index in [1.807, 2.05) is 6.92 Å². The number of nitrogens with one attached hydrogen (secondary N) is 1. The van der Waals surface area contributed by atoms with Gasteiger partial charge in [-0.3, -0.25) is 0 Å². The van der Waals surface area contributed by atoms with Crippen molar-refractivity contribution < 1.29 is 23.1 Å². The molecule has 1 aromatic carbocycles. The van der Waals surface area contributed by atoms with Crippen molar-refractivity contribution in [1.29, 1.82) is 0 Å². The molecule has 20 heavy (non-hydrogen) atoms. The van der Waals surface area contributed by atoms with Crippen LogP contribution in [0.3, 0.4) is 0 Å². The maximum Gasteiger partial charge on any atom is 0.405 e. The van der Waals surface area contributed by atoms with Gasteiger partial charge in [0.15, 0.2) is 9.84 Å². The Labute approximate surface area is 118 Å². The first-order chi connectivity index (χ1) is 9.40. The number of carboxylic acid groups (broad SMARTS) is 1. The van der Waals surface area contributed by atoms with E-state index in [-0.39, 0.29) is 17.3 Å². The lowest BCUT2D eigenvalue weighted by molar-refractivity contribution is 0.118. The summed E-state index contributed by atoms with van der Waals surface area (Å²) >= 11 is 0. The fourth-order valence-electron chi connectivity index (χ4n) is 1.68. The summed E-state index contributed by atoms with van der Waals surface area (Å²) in [6.45, 7) is 4.06. The Balaban J connectivity index is 2.95. The highest BCUT2D eigenvalue weighted by Crippen LogP contribution is 2.18. The summed E-state index contributed by atoms with van der Waals surface area (Å²) in [5.41, 5.74) is 0.663. The van der Waals surface area contributed by atoms with E-state index in [9.17, 15) is 13.2 Å². The fourth-order valence-corrected chi connectivity index (χ4v) is 2.56. The molecule has 0 fully saturated rings. The normalized spacial score (nSPS) is 12.9. The Morgan fingerprint density at radius 3 is 2.35 bits per heavy atom. The van der Waals surface area contributed by atoms with Gasteiger partial charge in [-0.25, -0.2) is 13.2 Å². The molecule has 0 aliphatic heterocycles. The standard InChI is InChI=1S/C13H19NO5S/c1-3-19-9-12(14-13(15)16)10-5-7-11(8-6-10)20(17,18)4-2/h5-8,12,14H,3-4,9H2,1-2H3,(H,15,16). The molecule has 1 atom stereocenters. The molecule has 0 heterocycles. The quantitative estimate of drug-likeness (QED) is 0.801. The van der Waals surface area contributed by atoms with E-state index < -0.39 is 22.0 Å². The zero-order chi connectivity index (χ0) is 15.2. The first-order valence-corrected chi connectivity index (χ1v) is 7.95. The molecule has 1 amide bonds. The minimum absolute atomic E-state index is 0.0299. The number of hydrogen-bond donors (Lipinski definition) is 2. The van der Waals surface area contributed by atoms with E-state index in [0.717, 1.165) is 0 Å². The number of rotatable bonds is 7. The van der Waals surface area contributed by atoms with Gasteiger partial charge in [0.25, 0.3) is 0 Å². The molecule has 0 radical (unpaired) electrons. The fraction of sp³-hybridized carbons (Fsp3) is 0.462. The molecular weight excluding hydrogens is 282 g/mol. The van der Waals surface area contributed by atoms with Crippen molar-refractivity contribution in [2.24, 2.45) is 0 Å². The van der Waals surface area contributed by atoms with Gasteiger partial charge in [0.05, 0.1) is 23.3 Å². The monoisotopic (exact) mass is 301 g/mol. The summed E-state index contributed by atoms with van der Waals surface area (Å²) in [4.78, 5) is 11.0. The molecule has 2 N–H and O–H groups in total. The molecule has 7 heteroatoms. The predicted molar refractivity (Wildman–Crippen MR) is 74.6 cm³/mol. The summed E-state index contributed by atoms with van der Waals surface area (Å²) in [5, 5.41) is 11.1. The van der Waals surface area contributed by atoms with Gasteiger partial charge in [-0.2, -0.15) is 0 Å². The van der Waals surface area contributed by atoms with Gasteiger partial charge in [-0.05, 0) is 24.6 Å². The van der Waals surface area contributed by atoms with Gasteiger partial charge >= 0.3 is 6.09 Å². The summed E-state index contributed by atoms with van der Waals surface area (Å²) in [6, 6.07) is 5.64. The van der Waals surface area contributed by atoms with Crippen LogP contribution in [0.4, 0.5) is 4.79 Å². The van der Waals surface area contributed by atoms with Crippen molar-refractivity contribution in [3.63, 3.8) is 0 Å². The molecule has 112 valence electrons. The molecule has 0 spiro atoms. The van der Waals surface area contributed by atoms with Gasteiger partial charge in [0.1, 0.15) is 0 Å². The van der Waals surface area contributed by atoms with Crippen molar-refractivity contribution in [2.45, 2.75) is 24.8 Å². The summed E-state index contributed by atoms with van der Waals surface area (Å²) in [7, 11) is -3.25. The average Bonchev–Trinajstić information content (AvgIpc) is 2.43. The van der Waals surface area contributed by atoms with Crippen molar-refractivity contribution in [3.8, 4) is 0 Å². The summed E-state index contributed by atoms with van der Waals surface area (Å²) < 4.78 is 28.6. The number of hydrogen-bond acceptors (Lipinski definition) is 4. The molecule has 0 bridgehead atoms. The third-order valence-electron chi connectivity index (χ3n) is 2.81. The lowest BCUT2D eigenvalue weighted by Gasteiger charge is -2.17. The van der Waals surface area contributed by atoms with Crippen LogP contribution in [0.5, 0.6) is 0 Å². The molecule has 1 aromatic rings. The van der Waals surface area contributed by atoms with Crippen LogP contribution >= 0.6 is 0 Å². The maximum atomic E-state index is 11.7. The summed E-state index contributed by atoms with van der Waals surface area (Å²) in [6.07, 6.45) is -1.15. The van der Waals surface area contributed by atoms with Crippen LogP contribution in [0.25, 0.3) is 0 Å². The second-order valence-electron chi connectivity index (χ2n) is 4.13. The minimum Gasteiger partial charge on any atom is -0.465 e. The van der Waals surface area contributed by atoms with E-state index in [2.05, 4.69) is 5.32 Å². The smallest absolute Gasteiger partial charge is 0.405 e. The average molecular weight is 301 g/mol. The molecular formula is C13H19NO5S. The Morgan fingerprint density at radius 2 is 1.90 bits per heavy atom. The highest BCUT2D eigenvalue weighted by molar-refractivity contribution is 7.91. The van der Waals surface area contributed by atoms with Gasteiger partial charge in [0.2, 0.25) is 0 Å². The molecule has 6 nitrogen and oxygen atoms in total. The third kappa shape index (κ3) is 4.50. The van der Waals surface area contributed by atoms with Gasteiger partial charge < -0.3 is 15.2 Å². The van der Waals surface area contributed by atoms with Crippen LogP contribution in [0.2, 0.25) is 0 Å². The first-order valence-electron chi connectivity index (χ1n) is 6.30. The molecule has 1 rings (SSSR count). The second kappa shape index (κ2) is 7.25. The van der Waals surface area contributed by atoms with E-state index in [0.29, 0.717) is 12.2 Å². The summed E-state index contributed by atoms with van der Waals surface area (Å²) in [5.74, 6) is 0.0299. The van der Waals surface area contributed by atoms with Crippen LogP contribution in [0.15, 0.2) is 29.2 Å². The Bertz CT molecular complexity index is 538. The van der Waals surface area contributed by atoms with Crippen molar-refractivity contribution >= 4 is 15.9 Å². The number of ether oxygens (including phenoxy) is 1. The van der Waals surface area contributed by atoms with E-state index in [1.54, 1.807) is 19.1 Å². The Morgan fingerprint density at radius 1 is 1.30 bits per heavy atom. The van der Waals surface area contributed by atoms with Crippen molar-refractivity contribution in [3.05, 3.63) is 29.8 Å². The van der Waals surface area contributed by atoms with Crippen LogP contribution in [0.1, 0.15) is 25.5 Å². The topological polar surface area (TPSA) is 92.7 Å². The highest BCUT2D eigenvalue weighted by atomic mass is 32.2. The zero-order valence-corrected chi connectivity index (χ0v) is 12.3. The first kappa shape index (κ1) is 16.5. The molecule has 0 saturated heterocycles. The zero-order valence-electron chi connectivity index (χ0n) is 11.5. The van der Waals surface area contributed by atoms with Crippen LogP contribution in [-0.2, 0) is 14.6 Å². The SMILES string of the molecule is CCOCC(NC(=O)O)c1ccc(S(=O)(=O)CC)cc1. The van der Waals surface area contributed by atoms with E-state index in [1.165, 1.54) is 12.1 Å². The largest absolute Gasteiger partial charge is 0.465 e. The number of benzene rings is 1. The van der Waals surface area contributed by atoms with Crippen LogP contribution < -0.4 is 5.32 Å². The molecule has 0 aromatic heterocycles. The lowest BCUT2D eigenvalue weighted by atomic mass is 10.1. The number of amides is 1. The van der Waals surface area contributed by atoms with Gasteiger partial charge in [0, 0.05) is 6.61 Å². The van der Waals surface area contributed by atoms with Gasteiger partial charge in [-0.15, -0.1) is 0 Å². The minimum atomic E-state index is -3.25. The third-order valence-corrected chi connectivity index (χ3v) is 4.56. The lowest BCUT2D eigenvalue weighted by Crippen LogP contribution is -2.30. The van der Waals surface area contributed by atoms with E-state index in [4.69, 9.17) is 9.84 Å². The molecule has 0 aliphatic rings.